The van der Waals surface area contributed by atoms with E-state index < -0.39 is 47.0 Å². The summed E-state index contributed by atoms with van der Waals surface area (Å²) in [5.74, 6) is 0. The fourth-order valence-electron chi connectivity index (χ4n) is 0.883. The van der Waals surface area contributed by atoms with Crippen LogP contribution in [0.5, 0.6) is 0 Å². The molecule has 0 aliphatic heterocycles. The van der Waals surface area contributed by atoms with E-state index in [4.69, 9.17) is 40.0 Å². The van der Waals surface area contributed by atoms with Gasteiger partial charge >= 0.3 is 15.2 Å². The summed E-state index contributed by atoms with van der Waals surface area (Å²) >= 11 is 0. The highest BCUT2D eigenvalue weighted by Gasteiger charge is 2.26. The van der Waals surface area contributed by atoms with Gasteiger partial charge in [0.05, 0.1) is 31.8 Å². The van der Waals surface area contributed by atoms with Gasteiger partial charge in [-0.15, -0.1) is 0 Å². The zero-order valence-electron chi connectivity index (χ0n) is 13.4. The molecule has 0 aromatic rings. The van der Waals surface area contributed by atoms with E-state index in [2.05, 4.69) is 0 Å². The summed E-state index contributed by atoms with van der Waals surface area (Å²) in [7, 11) is -7.33. The molecule has 144 valence electrons. The van der Waals surface area contributed by atoms with Crippen molar-refractivity contribution in [3.63, 3.8) is 0 Å². The van der Waals surface area contributed by atoms with E-state index in [1.807, 2.05) is 0 Å². The van der Waals surface area contributed by atoms with Crippen molar-refractivity contribution in [2.45, 2.75) is 26.7 Å². The molecule has 0 aliphatic rings. The molecule has 0 saturated carbocycles. The summed E-state index contributed by atoms with van der Waals surface area (Å²) in [4.78, 5) is 32.5. The van der Waals surface area contributed by atoms with Crippen LogP contribution in [0.3, 0.4) is 0 Å². The predicted molar refractivity (Wildman–Crippen MR) is 85.2 cm³/mol. The van der Waals surface area contributed by atoms with Crippen LogP contribution in [0, 0.1) is 5.41 Å². The third-order valence-electron chi connectivity index (χ3n) is 2.37. The Kier molecular flexibility index (Phi) is 17.6. The molecule has 0 fully saturated rings. The van der Waals surface area contributed by atoms with E-state index in [1.54, 1.807) is 13.8 Å². The molecule has 0 bridgehead atoms. The molecule has 0 heterocycles. The molecule has 0 aromatic carbocycles. The Morgan fingerprint density at radius 1 is 0.652 bits per heavy atom. The molecule has 23 heavy (non-hydrogen) atoms. The van der Waals surface area contributed by atoms with Crippen molar-refractivity contribution in [2.75, 3.05) is 38.8 Å². The second-order valence-corrected chi connectivity index (χ2v) is 8.46. The largest absolute Gasteiger partial charge is 0.396 e. The van der Waals surface area contributed by atoms with Gasteiger partial charge in [0.25, 0.3) is 0 Å². The summed E-state index contributed by atoms with van der Waals surface area (Å²) in [6, 6.07) is 0. The molecule has 0 rings (SSSR count). The molecule has 0 aromatic heterocycles. The lowest BCUT2D eigenvalue weighted by molar-refractivity contribution is -0.0328. The summed E-state index contributed by atoms with van der Waals surface area (Å²) in [6.45, 7) is 1.85. The molecule has 0 spiro atoms. The van der Waals surface area contributed by atoms with E-state index in [0.29, 0.717) is 12.8 Å². The van der Waals surface area contributed by atoms with E-state index in [9.17, 15) is 9.13 Å². The van der Waals surface area contributed by atoms with Crippen LogP contribution in [0.15, 0.2) is 0 Å². The number of aliphatic hydroxyl groups is 4. The van der Waals surface area contributed by atoms with Gasteiger partial charge in [0.1, 0.15) is 0 Å². The first-order valence-electron chi connectivity index (χ1n) is 6.89. The van der Waals surface area contributed by atoms with Crippen LogP contribution in [-0.4, -0.2) is 78.8 Å². The number of hydrogen-bond donors (Lipinski definition) is 8. The van der Waals surface area contributed by atoms with Gasteiger partial charge in [0.2, 0.25) is 0 Å². The lowest BCUT2D eigenvalue weighted by Gasteiger charge is -2.23. The molecule has 0 aliphatic carbocycles. The first-order chi connectivity index (χ1) is 10.4. The Labute approximate surface area is 136 Å². The van der Waals surface area contributed by atoms with Crippen molar-refractivity contribution >= 4 is 15.2 Å². The molecule has 0 radical (unpaired) electrons. The quantitative estimate of drug-likeness (QED) is 0.243. The molecular formula is C11H30O10P2. The fraction of sp³-hybridized carbons (Fsp3) is 1.00. The molecule has 0 atom stereocenters. The van der Waals surface area contributed by atoms with E-state index in [-0.39, 0.29) is 12.3 Å². The minimum Gasteiger partial charge on any atom is -0.396 e. The van der Waals surface area contributed by atoms with Crippen molar-refractivity contribution in [3.8, 4) is 0 Å². The van der Waals surface area contributed by atoms with Gasteiger partial charge in [-0.05, 0) is 12.8 Å². The van der Waals surface area contributed by atoms with Crippen LogP contribution >= 0.6 is 15.2 Å². The van der Waals surface area contributed by atoms with E-state index in [1.165, 1.54) is 0 Å². The van der Waals surface area contributed by atoms with Gasteiger partial charge in [0, 0.05) is 12.3 Å². The first kappa shape index (κ1) is 28.0. The fourth-order valence-corrected chi connectivity index (χ4v) is 2.05. The van der Waals surface area contributed by atoms with Crippen molar-refractivity contribution in [2.24, 2.45) is 5.41 Å². The second-order valence-electron chi connectivity index (χ2n) is 4.91. The molecule has 8 N–H and O–H groups in total. The van der Waals surface area contributed by atoms with Gasteiger partial charge in [-0.1, -0.05) is 13.8 Å². The van der Waals surface area contributed by atoms with Crippen LogP contribution in [0.25, 0.3) is 0 Å². The summed E-state index contributed by atoms with van der Waals surface area (Å²) in [5.41, 5.74) is -1.11. The lowest BCUT2D eigenvalue weighted by Crippen LogP contribution is -2.37. The first-order valence-corrected chi connectivity index (χ1v) is 10.5. The number of aliphatic hydroxyl groups excluding tert-OH is 4. The number of hydrogen-bond acceptors (Lipinski definition) is 6. The Balaban J connectivity index is -0.000000264. The minimum atomic E-state index is -3.67. The maximum atomic E-state index is 9.93. The van der Waals surface area contributed by atoms with Crippen LogP contribution < -0.4 is 0 Å². The minimum absolute atomic E-state index is 0.00694. The smallest absolute Gasteiger partial charge is 0.325 e. The third-order valence-corrected chi connectivity index (χ3v) is 4.43. The Bertz CT molecular complexity index is 305. The Morgan fingerprint density at radius 3 is 0.870 bits per heavy atom. The second kappa shape index (κ2) is 14.5. The zero-order valence-corrected chi connectivity index (χ0v) is 15.2. The van der Waals surface area contributed by atoms with Gasteiger partial charge in [-0.2, -0.15) is 0 Å². The molecule has 10 nitrogen and oxygen atoms in total. The standard InChI is InChI=1S/C5H12O4.2C3H9O3P/c6-1-5(2-7,3-8)4-9;2*1-2-3-7(4,5)6/h6-9H,1-4H2;2*2-3H2,1H3,(H2,4,5,6). The maximum Gasteiger partial charge on any atom is 0.325 e. The van der Waals surface area contributed by atoms with Gasteiger partial charge < -0.3 is 40.0 Å². The average Bonchev–Trinajstić information content (AvgIpc) is 2.41. The highest BCUT2D eigenvalue weighted by Crippen LogP contribution is 2.34. The summed E-state index contributed by atoms with van der Waals surface area (Å²) in [6.07, 6.45) is 1.11. The third kappa shape index (κ3) is 22.1. The van der Waals surface area contributed by atoms with Crippen molar-refractivity contribution < 1.29 is 49.1 Å². The zero-order chi connectivity index (χ0) is 19.2. The predicted octanol–water partition coefficient (Wildman–Crippen LogP) is -0.910. The topological polar surface area (TPSA) is 196 Å². The Hall–Kier alpha value is 0.140. The van der Waals surface area contributed by atoms with Crippen LogP contribution in [0.2, 0.25) is 0 Å². The lowest BCUT2D eigenvalue weighted by atomic mass is 9.93. The summed E-state index contributed by atoms with van der Waals surface area (Å²) in [5, 5.41) is 34.0. The van der Waals surface area contributed by atoms with Crippen molar-refractivity contribution in [3.05, 3.63) is 0 Å². The van der Waals surface area contributed by atoms with Gasteiger partial charge in [-0.3, -0.25) is 9.13 Å². The van der Waals surface area contributed by atoms with Crippen molar-refractivity contribution in [1.82, 2.24) is 0 Å². The van der Waals surface area contributed by atoms with E-state index in [0.717, 1.165) is 0 Å². The highest BCUT2D eigenvalue weighted by atomic mass is 31.2. The maximum absolute atomic E-state index is 9.93. The van der Waals surface area contributed by atoms with Gasteiger partial charge in [-0.25, -0.2) is 0 Å². The van der Waals surface area contributed by atoms with E-state index >= 15 is 0 Å². The monoisotopic (exact) mass is 384 g/mol. The van der Waals surface area contributed by atoms with Crippen LogP contribution in [0.4, 0.5) is 0 Å². The molecule has 0 unspecified atom stereocenters. The van der Waals surface area contributed by atoms with Crippen LogP contribution in [-0.2, 0) is 9.13 Å². The molecule has 0 amide bonds. The van der Waals surface area contributed by atoms with Gasteiger partial charge in [0.15, 0.2) is 0 Å². The Morgan fingerprint density at radius 2 is 0.870 bits per heavy atom. The highest BCUT2D eigenvalue weighted by molar-refractivity contribution is 7.51. The van der Waals surface area contributed by atoms with Crippen LogP contribution in [0.1, 0.15) is 26.7 Å². The summed E-state index contributed by atoms with van der Waals surface area (Å²) < 4.78 is 19.9. The number of rotatable bonds is 8. The SMILES string of the molecule is CCCP(=O)(O)O.CCCP(=O)(O)O.OCC(CO)(CO)CO. The van der Waals surface area contributed by atoms with Crippen molar-refractivity contribution in [1.29, 1.82) is 0 Å². The normalized spacial score (nSPS) is 11.9. The average molecular weight is 384 g/mol. The molecule has 0 saturated heterocycles. The molecule has 12 heteroatoms. The molecular weight excluding hydrogens is 354 g/mol.